The third kappa shape index (κ3) is 5.00. The summed E-state index contributed by atoms with van der Waals surface area (Å²) in [5, 5.41) is 3.05. The quantitative estimate of drug-likeness (QED) is 0.717. The fourth-order valence-electron chi connectivity index (χ4n) is 4.57. The number of nitrogens with zero attached hydrogens (tertiary/aromatic N) is 3. The SMILES string of the molecule is CN(C1CCCCC1)S(=O)(=O)N1CCN(C(=O)NC(c2ccccc2)c2ccco2)CC1. The van der Waals surface area contributed by atoms with E-state index >= 15 is 0 Å². The Hall–Kier alpha value is -2.36. The maximum atomic E-state index is 13.1. The van der Waals surface area contributed by atoms with Crippen molar-refractivity contribution in [2.75, 3.05) is 33.2 Å². The van der Waals surface area contributed by atoms with Gasteiger partial charge in [0.2, 0.25) is 0 Å². The molecule has 2 aliphatic rings. The minimum absolute atomic E-state index is 0.0787. The Labute approximate surface area is 190 Å². The first-order valence-electron chi connectivity index (χ1n) is 11.3. The molecule has 1 aromatic heterocycles. The van der Waals surface area contributed by atoms with Gasteiger partial charge in [0.05, 0.1) is 6.26 Å². The molecule has 1 atom stereocenters. The molecule has 0 bridgehead atoms. The summed E-state index contributed by atoms with van der Waals surface area (Å²) >= 11 is 0. The van der Waals surface area contributed by atoms with Crippen molar-refractivity contribution in [3.63, 3.8) is 0 Å². The van der Waals surface area contributed by atoms with Crippen LogP contribution in [0.1, 0.15) is 49.5 Å². The molecule has 1 unspecified atom stereocenters. The van der Waals surface area contributed by atoms with Crippen LogP contribution in [0.15, 0.2) is 53.1 Å². The Bertz CT molecular complexity index is 967. The average Bonchev–Trinajstić information content (AvgIpc) is 3.38. The number of carbonyl (C=O) groups excluding carboxylic acids is 1. The fraction of sp³-hybridized carbons (Fsp3) is 0.522. The molecule has 2 aromatic rings. The van der Waals surface area contributed by atoms with Crippen LogP contribution in [-0.2, 0) is 10.2 Å². The van der Waals surface area contributed by atoms with Gasteiger partial charge in [-0.05, 0) is 30.5 Å². The summed E-state index contributed by atoms with van der Waals surface area (Å²) in [6.45, 7) is 1.29. The molecule has 32 heavy (non-hydrogen) atoms. The summed E-state index contributed by atoms with van der Waals surface area (Å²) in [6.07, 6.45) is 6.77. The van der Waals surface area contributed by atoms with Crippen LogP contribution < -0.4 is 5.32 Å². The van der Waals surface area contributed by atoms with Crippen LogP contribution in [0.25, 0.3) is 0 Å². The topological polar surface area (TPSA) is 86.1 Å². The van der Waals surface area contributed by atoms with Gasteiger partial charge >= 0.3 is 6.03 Å². The zero-order valence-corrected chi connectivity index (χ0v) is 19.3. The zero-order valence-electron chi connectivity index (χ0n) is 18.5. The number of hydrogen-bond acceptors (Lipinski definition) is 4. The molecule has 1 saturated carbocycles. The first-order valence-corrected chi connectivity index (χ1v) is 12.7. The highest BCUT2D eigenvalue weighted by Crippen LogP contribution is 2.26. The van der Waals surface area contributed by atoms with Crippen LogP contribution in [0.5, 0.6) is 0 Å². The first-order chi connectivity index (χ1) is 15.5. The summed E-state index contributed by atoms with van der Waals surface area (Å²) in [5.74, 6) is 0.653. The summed E-state index contributed by atoms with van der Waals surface area (Å²) in [6, 6.07) is 12.7. The molecule has 2 amide bonds. The van der Waals surface area contributed by atoms with Crippen molar-refractivity contribution in [1.82, 2.24) is 18.8 Å². The number of piperazine rings is 1. The largest absolute Gasteiger partial charge is 0.467 e. The number of carbonyl (C=O) groups is 1. The molecule has 0 radical (unpaired) electrons. The minimum atomic E-state index is -3.52. The second kappa shape index (κ2) is 10.1. The predicted molar refractivity (Wildman–Crippen MR) is 122 cm³/mol. The van der Waals surface area contributed by atoms with E-state index in [1.165, 1.54) is 10.7 Å². The van der Waals surface area contributed by atoms with Crippen LogP contribution in [-0.4, -0.2) is 67.2 Å². The van der Waals surface area contributed by atoms with Gasteiger partial charge < -0.3 is 14.6 Å². The van der Waals surface area contributed by atoms with Crippen LogP contribution in [0, 0.1) is 0 Å². The second-order valence-electron chi connectivity index (χ2n) is 8.51. The standard InChI is InChI=1S/C23H32N4O4S/c1-25(20-11-6-3-7-12-20)32(29,30)27-16-14-26(15-17-27)23(28)24-22(21-13-8-18-31-21)19-9-4-2-5-10-19/h2,4-5,8-10,13,18,20,22H,3,6-7,11-12,14-17H2,1H3,(H,24,28). The van der Waals surface area contributed by atoms with E-state index in [1.807, 2.05) is 36.4 Å². The van der Waals surface area contributed by atoms with Gasteiger partial charge in [-0.25, -0.2) is 4.79 Å². The average molecular weight is 461 g/mol. The molecule has 0 spiro atoms. The lowest BCUT2D eigenvalue weighted by Gasteiger charge is -2.39. The minimum Gasteiger partial charge on any atom is -0.467 e. The van der Waals surface area contributed by atoms with E-state index in [0.29, 0.717) is 31.9 Å². The van der Waals surface area contributed by atoms with Gasteiger partial charge in [-0.1, -0.05) is 49.6 Å². The Morgan fingerprint density at radius 3 is 2.34 bits per heavy atom. The van der Waals surface area contributed by atoms with Crippen LogP contribution in [0.4, 0.5) is 4.79 Å². The van der Waals surface area contributed by atoms with E-state index in [4.69, 9.17) is 4.42 Å². The van der Waals surface area contributed by atoms with Crippen molar-refractivity contribution in [1.29, 1.82) is 0 Å². The van der Waals surface area contributed by atoms with E-state index in [2.05, 4.69) is 5.32 Å². The molecular weight excluding hydrogens is 428 g/mol. The number of benzene rings is 1. The van der Waals surface area contributed by atoms with Gasteiger partial charge in [-0.2, -0.15) is 17.0 Å². The fourth-order valence-corrected chi connectivity index (χ4v) is 6.15. The highest BCUT2D eigenvalue weighted by atomic mass is 32.2. The molecular formula is C23H32N4O4S. The number of furan rings is 1. The van der Waals surface area contributed by atoms with Gasteiger partial charge in [0, 0.05) is 39.3 Å². The number of nitrogens with one attached hydrogen (secondary N) is 1. The molecule has 1 aliphatic heterocycles. The Kier molecular flexibility index (Phi) is 7.17. The van der Waals surface area contributed by atoms with E-state index in [1.54, 1.807) is 28.6 Å². The van der Waals surface area contributed by atoms with Crippen molar-refractivity contribution in [3.8, 4) is 0 Å². The van der Waals surface area contributed by atoms with Gasteiger partial charge in [0.15, 0.2) is 0 Å². The lowest BCUT2D eigenvalue weighted by atomic mass is 9.96. The normalized spacial score (nSPS) is 19.8. The molecule has 2 heterocycles. The first kappa shape index (κ1) is 22.8. The molecule has 1 aliphatic carbocycles. The monoisotopic (exact) mass is 460 g/mol. The molecule has 8 nitrogen and oxygen atoms in total. The second-order valence-corrected chi connectivity index (χ2v) is 10.5. The number of rotatable bonds is 6. The van der Waals surface area contributed by atoms with Crippen LogP contribution in [0.2, 0.25) is 0 Å². The van der Waals surface area contributed by atoms with Crippen molar-refractivity contribution in [2.45, 2.75) is 44.2 Å². The number of amides is 2. The van der Waals surface area contributed by atoms with E-state index < -0.39 is 16.3 Å². The molecule has 2 fully saturated rings. The lowest BCUT2D eigenvalue weighted by molar-refractivity contribution is 0.164. The van der Waals surface area contributed by atoms with Crippen LogP contribution in [0.3, 0.4) is 0 Å². The summed E-state index contributed by atoms with van der Waals surface area (Å²) < 4.78 is 34.8. The molecule has 1 N–H and O–H groups in total. The number of urea groups is 1. The van der Waals surface area contributed by atoms with Gasteiger partial charge in [0.1, 0.15) is 11.8 Å². The molecule has 1 aromatic carbocycles. The Morgan fingerprint density at radius 1 is 1.03 bits per heavy atom. The lowest BCUT2D eigenvalue weighted by Crippen LogP contribution is -2.56. The van der Waals surface area contributed by atoms with Crippen molar-refractivity contribution < 1.29 is 17.6 Å². The van der Waals surface area contributed by atoms with Gasteiger partial charge in [-0.15, -0.1) is 0 Å². The van der Waals surface area contributed by atoms with E-state index in [9.17, 15) is 13.2 Å². The van der Waals surface area contributed by atoms with Crippen molar-refractivity contribution in [2.24, 2.45) is 0 Å². The van der Waals surface area contributed by atoms with E-state index in [-0.39, 0.29) is 12.1 Å². The zero-order chi connectivity index (χ0) is 22.6. The highest BCUT2D eigenvalue weighted by molar-refractivity contribution is 7.86. The number of hydrogen-bond donors (Lipinski definition) is 1. The molecule has 9 heteroatoms. The van der Waals surface area contributed by atoms with Crippen molar-refractivity contribution >= 4 is 16.2 Å². The third-order valence-electron chi connectivity index (χ3n) is 6.53. The predicted octanol–water partition coefficient (Wildman–Crippen LogP) is 3.21. The van der Waals surface area contributed by atoms with Gasteiger partial charge in [-0.3, -0.25) is 0 Å². The Morgan fingerprint density at radius 2 is 1.72 bits per heavy atom. The maximum absolute atomic E-state index is 13.1. The summed E-state index contributed by atoms with van der Waals surface area (Å²) in [5.41, 5.74) is 0.922. The van der Waals surface area contributed by atoms with Crippen LogP contribution >= 0.6 is 0 Å². The summed E-state index contributed by atoms with van der Waals surface area (Å²) in [4.78, 5) is 14.7. The molecule has 1 saturated heterocycles. The third-order valence-corrected chi connectivity index (χ3v) is 8.58. The van der Waals surface area contributed by atoms with Crippen molar-refractivity contribution in [3.05, 3.63) is 60.1 Å². The summed E-state index contributed by atoms with van der Waals surface area (Å²) in [7, 11) is -1.83. The maximum Gasteiger partial charge on any atom is 0.318 e. The molecule has 4 rings (SSSR count). The van der Waals surface area contributed by atoms with Gasteiger partial charge in [0.25, 0.3) is 10.2 Å². The Balaban J connectivity index is 1.37. The molecule has 174 valence electrons. The van der Waals surface area contributed by atoms with E-state index in [0.717, 1.165) is 31.2 Å². The highest BCUT2D eigenvalue weighted by Gasteiger charge is 2.35. The smallest absolute Gasteiger partial charge is 0.318 e.